The fourth-order valence-electron chi connectivity index (χ4n) is 2.42. The zero-order valence-corrected chi connectivity index (χ0v) is 13.4. The molecule has 9 heteroatoms. The van der Waals surface area contributed by atoms with Crippen molar-refractivity contribution in [3.63, 3.8) is 0 Å². The fourth-order valence-corrected chi connectivity index (χ4v) is 2.42. The van der Waals surface area contributed by atoms with Gasteiger partial charge in [0.1, 0.15) is 5.69 Å². The molecule has 0 unspecified atom stereocenters. The number of nitrogens with zero attached hydrogens (tertiary/aromatic N) is 3. The van der Waals surface area contributed by atoms with Crippen LogP contribution in [-0.4, -0.2) is 59.6 Å². The van der Waals surface area contributed by atoms with E-state index < -0.39 is 23.9 Å². The lowest BCUT2D eigenvalue weighted by Gasteiger charge is -2.34. The predicted octanol–water partition coefficient (Wildman–Crippen LogP) is 2.32. The number of aromatic nitrogens is 1. The van der Waals surface area contributed by atoms with E-state index in [1.165, 1.54) is 16.7 Å². The highest BCUT2D eigenvalue weighted by Crippen LogP contribution is 2.28. The van der Waals surface area contributed by atoms with Crippen molar-refractivity contribution in [2.75, 3.05) is 32.8 Å². The number of piperazine rings is 1. The molecule has 0 atom stereocenters. The SMILES string of the molecule is CCOC(=O)N1CCN(C(=O)c2ccc(C(F)(F)F)nc2C)CC1. The summed E-state index contributed by atoms with van der Waals surface area (Å²) in [6, 6.07) is 1.94. The van der Waals surface area contributed by atoms with E-state index in [9.17, 15) is 22.8 Å². The van der Waals surface area contributed by atoms with Crippen LogP contribution in [-0.2, 0) is 10.9 Å². The molecule has 1 aliphatic rings. The van der Waals surface area contributed by atoms with Crippen LogP contribution in [0.4, 0.5) is 18.0 Å². The van der Waals surface area contributed by atoms with Crippen LogP contribution in [0.3, 0.4) is 0 Å². The number of rotatable bonds is 2. The van der Waals surface area contributed by atoms with Crippen molar-refractivity contribution in [3.05, 3.63) is 29.1 Å². The van der Waals surface area contributed by atoms with Gasteiger partial charge in [-0.25, -0.2) is 9.78 Å². The summed E-state index contributed by atoms with van der Waals surface area (Å²) in [6.07, 6.45) is -4.98. The van der Waals surface area contributed by atoms with Gasteiger partial charge >= 0.3 is 12.3 Å². The molecule has 0 aromatic carbocycles. The van der Waals surface area contributed by atoms with Gasteiger partial charge in [-0.1, -0.05) is 0 Å². The summed E-state index contributed by atoms with van der Waals surface area (Å²) >= 11 is 0. The molecule has 1 saturated heterocycles. The number of amides is 2. The number of alkyl halides is 3. The lowest BCUT2D eigenvalue weighted by molar-refractivity contribution is -0.141. The van der Waals surface area contributed by atoms with Crippen molar-refractivity contribution >= 4 is 12.0 Å². The minimum Gasteiger partial charge on any atom is -0.450 e. The molecule has 0 aliphatic carbocycles. The first-order valence-electron chi connectivity index (χ1n) is 7.50. The number of halogens is 3. The first-order chi connectivity index (χ1) is 11.2. The van der Waals surface area contributed by atoms with E-state index in [0.29, 0.717) is 13.1 Å². The summed E-state index contributed by atoms with van der Waals surface area (Å²) < 4.78 is 42.8. The van der Waals surface area contributed by atoms with Crippen molar-refractivity contribution in [3.8, 4) is 0 Å². The summed E-state index contributed by atoms with van der Waals surface area (Å²) in [5.41, 5.74) is -0.862. The van der Waals surface area contributed by atoms with Gasteiger partial charge in [-0.05, 0) is 26.0 Å². The van der Waals surface area contributed by atoms with Crippen LogP contribution in [0.2, 0.25) is 0 Å². The molecule has 6 nitrogen and oxygen atoms in total. The van der Waals surface area contributed by atoms with Gasteiger partial charge in [0, 0.05) is 26.2 Å². The minimum absolute atomic E-state index is 0.0302. The molecule has 132 valence electrons. The number of aryl methyl sites for hydroxylation is 1. The number of hydrogen-bond acceptors (Lipinski definition) is 4. The Balaban J connectivity index is 2.04. The normalized spacial score (nSPS) is 15.4. The minimum atomic E-state index is -4.54. The highest BCUT2D eigenvalue weighted by molar-refractivity contribution is 5.95. The van der Waals surface area contributed by atoms with Gasteiger partial charge < -0.3 is 14.5 Å². The molecule has 1 aromatic rings. The summed E-state index contributed by atoms with van der Waals surface area (Å²) in [5, 5.41) is 0. The smallest absolute Gasteiger partial charge is 0.433 e. The number of carbonyl (C=O) groups excluding carboxylic acids is 2. The molecular weight excluding hydrogens is 327 g/mol. The van der Waals surface area contributed by atoms with Gasteiger partial charge in [0.15, 0.2) is 0 Å². The molecule has 24 heavy (non-hydrogen) atoms. The molecule has 1 fully saturated rings. The molecule has 0 saturated carbocycles. The lowest BCUT2D eigenvalue weighted by atomic mass is 10.1. The zero-order chi connectivity index (χ0) is 17.9. The molecule has 2 rings (SSSR count). The summed E-state index contributed by atoms with van der Waals surface area (Å²) in [7, 11) is 0. The predicted molar refractivity (Wildman–Crippen MR) is 78.5 cm³/mol. The van der Waals surface area contributed by atoms with Gasteiger partial charge in [-0.15, -0.1) is 0 Å². The van der Waals surface area contributed by atoms with Gasteiger partial charge in [-0.2, -0.15) is 13.2 Å². The summed E-state index contributed by atoms with van der Waals surface area (Å²) in [6.45, 7) is 4.56. The van der Waals surface area contributed by atoms with Crippen LogP contribution in [0.1, 0.15) is 28.7 Å². The molecule has 0 N–H and O–H groups in total. The second-order valence-electron chi connectivity index (χ2n) is 5.31. The number of ether oxygens (including phenoxy) is 1. The van der Waals surface area contributed by atoms with Gasteiger partial charge in [0.25, 0.3) is 5.91 Å². The maximum absolute atomic E-state index is 12.6. The topological polar surface area (TPSA) is 62.7 Å². The van der Waals surface area contributed by atoms with Crippen LogP contribution < -0.4 is 0 Å². The third kappa shape index (κ3) is 3.95. The summed E-state index contributed by atoms with van der Waals surface area (Å²) in [4.78, 5) is 30.5. The molecule has 2 heterocycles. The Morgan fingerprint density at radius 2 is 1.75 bits per heavy atom. The van der Waals surface area contributed by atoms with E-state index in [-0.39, 0.29) is 31.0 Å². The number of hydrogen-bond donors (Lipinski definition) is 0. The molecular formula is C15H18F3N3O3. The Morgan fingerprint density at radius 1 is 1.17 bits per heavy atom. The molecule has 0 spiro atoms. The Bertz CT molecular complexity index is 626. The molecule has 2 amide bonds. The average Bonchev–Trinajstić information content (AvgIpc) is 2.53. The Morgan fingerprint density at radius 3 is 2.25 bits per heavy atom. The van der Waals surface area contributed by atoms with Crippen LogP contribution in [0, 0.1) is 6.92 Å². The Hall–Kier alpha value is -2.32. The number of pyridine rings is 1. The van der Waals surface area contributed by atoms with Gasteiger partial charge in [0.2, 0.25) is 0 Å². The molecule has 1 aromatic heterocycles. The third-order valence-corrected chi connectivity index (χ3v) is 3.70. The van der Waals surface area contributed by atoms with E-state index in [0.717, 1.165) is 12.1 Å². The molecule has 0 radical (unpaired) electrons. The maximum Gasteiger partial charge on any atom is 0.433 e. The average molecular weight is 345 g/mol. The Kier molecular flexibility index (Phi) is 5.30. The van der Waals surface area contributed by atoms with Crippen molar-refractivity contribution in [2.24, 2.45) is 0 Å². The quantitative estimate of drug-likeness (QED) is 0.825. The van der Waals surface area contributed by atoms with Gasteiger partial charge in [-0.3, -0.25) is 4.79 Å². The Labute approximate surface area is 137 Å². The highest BCUT2D eigenvalue weighted by atomic mass is 19.4. The first kappa shape index (κ1) is 18.0. The monoisotopic (exact) mass is 345 g/mol. The van der Waals surface area contributed by atoms with Crippen LogP contribution in [0.15, 0.2) is 12.1 Å². The second kappa shape index (κ2) is 7.06. The standard InChI is InChI=1S/C15H18F3N3O3/c1-3-24-14(23)21-8-6-20(7-9-21)13(22)11-4-5-12(15(16,17)18)19-10(11)2/h4-5H,3,6-9H2,1-2H3. The molecule has 1 aliphatic heterocycles. The van der Waals surface area contributed by atoms with Crippen LogP contribution in [0.5, 0.6) is 0 Å². The second-order valence-corrected chi connectivity index (χ2v) is 5.31. The zero-order valence-electron chi connectivity index (χ0n) is 13.4. The first-order valence-corrected chi connectivity index (χ1v) is 7.50. The lowest BCUT2D eigenvalue weighted by Crippen LogP contribution is -2.50. The highest BCUT2D eigenvalue weighted by Gasteiger charge is 2.33. The van der Waals surface area contributed by atoms with E-state index in [1.54, 1.807) is 6.92 Å². The largest absolute Gasteiger partial charge is 0.450 e. The van der Waals surface area contributed by atoms with Crippen molar-refractivity contribution in [2.45, 2.75) is 20.0 Å². The van der Waals surface area contributed by atoms with E-state index in [4.69, 9.17) is 4.74 Å². The molecule has 0 bridgehead atoms. The van der Waals surface area contributed by atoms with Crippen molar-refractivity contribution in [1.82, 2.24) is 14.8 Å². The third-order valence-electron chi connectivity index (χ3n) is 3.70. The van der Waals surface area contributed by atoms with E-state index >= 15 is 0 Å². The van der Waals surface area contributed by atoms with Crippen LogP contribution >= 0.6 is 0 Å². The van der Waals surface area contributed by atoms with Crippen molar-refractivity contribution < 1.29 is 27.5 Å². The summed E-state index contributed by atoms with van der Waals surface area (Å²) in [5.74, 6) is -0.391. The van der Waals surface area contributed by atoms with Crippen molar-refractivity contribution in [1.29, 1.82) is 0 Å². The maximum atomic E-state index is 12.6. The van der Waals surface area contributed by atoms with Crippen LogP contribution in [0.25, 0.3) is 0 Å². The van der Waals surface area contributed by atoms with E-state index in [2.05, 4.69) is 4.98 Å². The fraction of sp³-hybridized carbons (Fsp3) is 0.533. The van der Waals surface area contributed by atoms with E-state index in [1.807, 2.05) is 0 Å². The number of carbonyl (C=O) groups is 2. The van der Waals surface area contributed by atoms with Gasteiger partial charge in [0.05, 0.1) is 17.9 Å².